The van der Waals surface area contributed by atoms with Crippen LogP contribution in [0.3, 0.4) is 0 Å². The third kappa shape index (κ3) is 3.81. The van der Waals surface area contributed by atoms with Crippen molar-refractivity contribution < 1.29 is 14.3 Å². The molecule has 1 heterocycles. The minimum absolute atomic E-state index is 0.0781. The van der Waals surface area contributed by atoms with Gasteiger partial charge in [0.2, 0.25) is 0 Å². The number of oxazole rings is 1. The summed E-state index contributed by atoms with van der Waals surface area (Å²) in [5.41, 5.74) is 0.377. The zero-order valence-electron chi connectivity index (χ0n) is 17.0. The van der Waals surface area contributed by atoms with E-state index >= 15 is 0 Å². The number of aliphatic hydroxyl groups is 1. The fourth-order valence-electron chi connectivity index (χ4n) is 3.58. The summed E-state index contributed by atoms with van der Waals surface area (Å²) >= 11 is 0. The number of nitriles is 1. The summed E-state index contributed by atoms with van der Waals surface area (Å²) in [5.74, 6) is 1.02. The highest BCUT2D eigenvalue weighted by Crippen LogP contribution is 2.48. The van der Waals surface area contributed by atoms with Crippen LogP contribution >= 0.6 is 0 Å². The van der Waals surface area contributed by atoms with E-state index in [0.29, 0.717) is 42.4 Å². The first-order valence-electron chi connectivity index (χ1n) is 9.71. The molecule has 1 amide bonds. The molecular formula is C22H27N3O3. The zero-order valence-corrected chi connectivity index (χ0v) is 17.0. The van der Waals surface area contributed by atoms with Crippen molar-refractivity contribution in [3.8, 4) is 6.07 Å². The summed E-state index contributed by atoms with van der Waals surface area (Å²) in [4.78, 5) is 19.3. The fourth-order valence-corrected chi connectivity index (χ4v) is 3.58. The average Bonchev–Trinajstić information content (AvgIpc) is 3.37. The predicted molar refractivity (Wildman–Crippen MR) is 105 cm³/mol. The number of amides is 1. The van der Waals surface area contributed by atoms with Crippen molar-refractivity contribution >= 4 is 5.91 Å². The van der Waals surface area contributed by atoms with Gasteiger partial charge >= 0.3 is 0 Å². The van der Waals surface area contributed by atoms with E-state index in [9.17, 15) is 15.2 Å². The molecule has 0 radical (unpaired) electrons. The zero-order chi connectivity index (χ0) is 20.5. The van der Waals surface area contributed by atoms with Crippen molar-refractivity contribution in [2.24, 2.45) is 0 Å². The van der Waals surface area contributed by atoms with Gasteiger partial charge in [0, 0.05) is 25.1 Å². The van der Waals surface area contributed by atoms with Crippen LogP contribution in [-0.2, 0) is 17.4 Å². The Bertz CT molecular complexity index is 914. The molecule has 0 spiro atoms. The van der Waals surface area contributed by atoms with Crippen LogP contribution in [0, 0.1) is 18.3 Å². The second-order valence-corrected chi connectivity index (χ2v) is 7.95. The highest BCUT2D eigenvalue weighted by atomic mass is 16.4. The largest absolute Gasteiger partial charge is 0.446 e. The van der Waals surface area contributed by atoms with E-state index in [1.807, 2.05) is 25.1 Å². The number of hydrogen-bond acceptors (Lipinski definition) is 5. The van der Waals surface area contributed by atoms with Crippen LogP contribution in [0.5, 0.6) is 0 Å². The van der Waals surface area contributed by atoms with Gasteiger partial charge in [-0.1, -0.05) is 18.2 Å². The smallest absolute Gasteiger partial charge is 0.254 e. The third-order valence-corrected chi connectivity index (χ3v) is 5.32. The lowest BCUT2D eigenvalue weighted by Gasteiger charge is -2.22. The molecule has 0 saturated heterocycles. The molecule has 1 aliphatic carbocycles. The number of aromatic nitrogens is 1. The molecule has 1 fully saturated rings. The number of nitrogens with zero attached hydrogens (tertiary/aromatic N) is 3. The molecule has 1 aliphatic rings. The van der Waals surface area contributed by atoms with Gasteiger partial charge in [0.05, 0.1) is 11.5 Å². The Morgan fingerprint density at radius 3 is 2.61 bits per heavy atom. The van der Waals surface area contributed by atoms with Crippen LogP contribution in [0.15, 0.2) is 28.7 Å². The van der Waals surface area contributed by atoms with Gasteiger partial charge in [-0.15, -0.1) is 0 Å². The lowest BCUT2D eigenvalue weighted by Crippen LogP contribution is -2.34. The van der Waals surface area contributed by atoms with Gasteiger partial charge < -0.3 is 14.4 Å². The molecule has 28 heavy (non-hydrogen) atoms. The van der Waals surface area contributed by atoms with Crippen LogP contribution < -0.4 is 0 Å². The Hall–Kier alpha value is -2.65. The Morgan fingerprint density at radius 2 is 2.07 bits per heavy atom. The molecular weight excluding hydrogens is 354 g/mol. The normalized spacial score (nSPS) is 15.1. The van der Waals surface area contributed by atoms with Gasteiger partial charge in [-0.25, -0.2) is 4.98 Å². The van der Waals surface area contributed by atoms with Gasteiger partial charge in [-0.3, -0.25) is 4.79 Å². The molecule has 148 valence electrons. The number of rotatable bonds is 7. The van der Waals surface area contributed by atoms with Crippen molar-refractivity contribution in [1.82, 2.24) is 9.88 Å². The van der Waals surface area contributed by atoms with Crippen molar-refractivity contribution in [2.75, 3.05) is 13.1 Å². The summed E-state index contributed by atoms with van der Waals surface area (Å²) in [5, 5.41) is 19.7. The Morgan fingerprint density at radius 1 is 1.39 bits per heavy atom. The minimum Gasteiger partial charge on any atom is -0.446 e. The number of carbonyl (C=O) groups is 1. The lowest BCUT2D eigenvalue weighted by atomic mass is 9.92. The highest BCUT2D eigenvalue weighted by Gasteiger charge is 2.47. The van der Waals surface area contributed by atoms with E-state index in [1.54, 1.807) is 31.7 Å². The molecule has 1 aromatic heterocycles. The Balaban J connectivity index is 1.77. The van der Waals surface area contributed by atoms with E-state index < -0.39 is 11.0 Å². The molecule has 6 nitrogen and oxygen atoms in total. The Labute approximate surface area is 165 Å². The van der Waals surface area contributed by atoms with E-state index in [4.69, 9.17) is 4.42 Å². The molecule has 0 aliphatic heterocycles. The van der Waals surface area contributed by atoms with E-state index in [0.717, 1.165) is 18.4 Å². The van der Waals surface area contributed by atoms with Gasteiger partial charge in [-0.2, -0.15) is 5.26 Å². The molecule has 0 bridgehead atoms. The topological polar surface area (TPSA) is 90.4 Å². The monoisotopic (exact) mass is 381 g/mol. The van der Waals surface area contributed by atoms with Crippen molar-refractivity contribution in [3.05, 3.63) is 52.7 Å². The first kappa shape index (κ1) is 20.1. The molecule has 1 aromatic carbocycles. The highest BCUT2D eigenvalue weighted by molar-refractivity contribution is 5.96. The maximum atomic E-state index is 13.2. The SMILES string of the molecule is CCN(CCc1nc(C(C)(C)O)c(C)o1)C(=O)c1ccccc1C1(C#N)CC1. The second-order valence-electron chi connectivity index (χ2n) is 7.95. The molecule has 0 unspecified atom stereocenters. The molecule has 6 heteroatoms. The summed E-state index contributed by atoms with van der Waals surface area (Å²) in [6.07, 6.45) is 2.06. The number of carbonyl (C=O) groups excluding carboxylic acids is 1. The molecule has 1 saturated carbocycles. The van der Waals surface area contributed by atoms with Crippen LogP contribution in [0.25, 0.3) is 0 Å². The van der Waals surface area contributed by atoms with E-state index in [-0.39, 0.29) is 5.91 Å². The lowest BCUT2D eigenvalue weighted by molar-refractivity contribution is 0.0725. The van der Waals surface area contributed by atoms with Crippen LogP contribution in [0.1, 0.15) is 66.9 Å². The summed E-state index contributed by atoms with van der Waals surface area (Å²) < 4.78 is 5.67. The number of likely N-dealkylation sites (N-methyl/N-ethyl adjacent to an activating group) is 1. The van der Waals surface area contributed by atoms with Crippen LogP contribution in [0.2, 0.25) is 0 Å². The summed E-state index contributed by atoms with van der Waals surface area (Å²) in [6, 6.07) is 9.80. The first-order valence-corrected chi connectivity index (χ1v) is 9.71. The summed E-state index contributed by atoms with van der Waals surface area (Å²) in [6.45, 7) is 8.05. The molecule has 3 rings (SSSR count). The number of benzene rings is 1. The fraction of sp³-hybridized carbons (Fsp3) is 0.500. The molecule has 1 N–H and O–H groups in total. The number of hydrogen-bond donors (Lipinski definition) is 1. The molecule has 2 aromatic rings. The third-order valence-electron chi connectivity index (χ3n) is 5.32. The summed E-state index contributed by atoms with van der Waals surface area (Å²) in [7, 11) is 0. The van der Waals surface area contributed by atoms with Crippen molar-refractivity contribution in [3.63, 3.8) is 0 Å². The maximum Gasteiger partial charge on any atom is 0.254 e. The second kappa shape index (κ2) is 7.40. The molecule has 0 atom stereocenters. The van der Waals surface area contributed by atoms with Crippen LogP contribution in [-0.4, -0.2) is 34.0 Å². The Kier molecular flexibility index (Phi) is 5.31. The van der Waals surface area contributed by atoms with Gasteiger partial charge in [0.25, 0.3) is 5.91 Å². The van der Waals surface area contributed by atoms with E-state index in [2.05, 4.69) is 11.1 Å². The minimum atomic E-state index is -1.07. The predicted octanol–water partition coefficient (Wildman–Crippen LogP) is 3.47. The number of aryl methyl sites for hydroxylation is 1. The van der Waals surface area contributed by atoms with Crippen molar-refractivity contribution in [2.45, 2.75) is 58.0 Å². The van der Waals surface area contributed by atoms with Gasteiger partial charge in [0.1, 0.15) is 17.1 Å². The standard InChI is InChI=1S/C22H27N3O3/c1-5-25(13-10-18-24-19(15(2)28-18)21(3,4)27)20(26)16-8-6-7-9-17(16)22(14-23)11-12-22/h6-9,27H,5,10-13H2,1-4H3. The van der Waals surface area contributed by atoms with E-state index in [1.165, 1.54) is 0 Å². The first-order chi connectivity index (χ1) is 13.2. The van der Waals surface area contributed by atoms with Crippen LogP contribution in [0.4, 0.5) is 0 Å². The maximum absolute atomic E-state index is 13.2. The van der Waals surface area contributed by atoms with Gasteiger partial charge in [0.15, 0.2) is 5.89 Å². The quantitative estimate of drug-likeness (QED) is 0.793. The van der Waals surface area contributed by atoms with Gasteiger partial charge in [-0.05, 0) is 52.2 Å². The average molecular weight is 381 g/mol. The van der Waals surface area contributed by atoms with Crippen molar-refractivity contribution in [1.29, 1.82) is 5.26 Å².